The summed E-state index contributed by atoms with van der Waals surface area (Å²) < 4.78 is 0. The summed E-state index contributed by atoms with van der Waals surface area (Å²) in [4.78, 5) is 27.4. The van der Waals surface area contributed by atoms with Crippen molar-refractivity contribution in [1.29, 1.82) is 0 Å². The molecule has 0 aliphatic carbocycles. The summed E-state index contributed by atoms with van der Waals surface area (Å²) >= 11 is 0. The van der Waals surface area contributed by atoms with Crippen molar-refractivity contribution in [2.24, 2.45) is 5.41 Å². The Labute approximate surface area is 121 Å². The van der Waals surface area contributed by atoms with Crippen molar-refractivity contribution in [3.8, 4) is 0 Å². The average molecular weight is 284 g/mol. The summed E-state index contributed by atoms with van der Waals surface area (Å²) in [5.41, 5.74) is -0.742. The van der Waals surface area contributed by atoms with Crippen molar-refractivity contribution in [2.45, 2.75) is 52.4 Å². The van der Waals surface area contributed by atoms with Gasteiger partial charge in [0.05, 0.1) is 5.41 Å². The SMILES string of the molecule is CCCCN(C)C(=O)N1CCCC(CCC)(C(=O)O)C1. The standard InChI is InChI=1S/C15H28N2O3/c1-4-6-10-16(3)14(20)17-11-7-9-15(12-17,8-5-2)13(18)19/h4-12H2,1-3H3,(H,18,19). The Bertz CT molecular complexity index is 342. The molecule has 0 bridgehead atoms. The van der Waals surface area contributed by atoms with E-state index in [1.165, 1.54) is 0 Å². The van der Waals surface area contributed by atoms with Crippen LogP contribution >= 0.6 is 0 Å². The summed E-state index contributed by atoms with van der Waals surface area (Å²) in [5.74, 6) is -0.756. The molecule has 0 aromatic heterocycles. The van der Waals surface area contributed by atoms with Crippen LogP contribution in [0.25, 0.3) is 0 Å². The minimum atomic E-state index is -0.756. The van der Waals surface area contributed by atoms with Gasteiger partial charge in [0.15, 0.2) is 0 Å². The molecule has 0 aromatic carbocycles. The highest BCUT2D eigenvalue weighted by Crippen LogP contribution is 2.35. The Morgan fingerprint density at radius 2 is 2.00 bits per heavy atom. The monoisotopic (exact) mass is 284 g/mol. The molecule has 1 rings (SSSR count). The molecule has 1 atom stereocenters. The summed E-state index contributed by atoms with van der Waals surface area (Å²) in [5, 5.41) is 9.55. The molecular formula is C15H28N2O3. The van der Waals surface area contributed by atoms with E-state index in [0.717, 1.165) is 32.2 Å². The van der Waals surface area contributed by atoms with Gasteiger partial charge < -0.3 is 14.9 Å². The number of carboxylic acid groups (broad SMARTS) is 1. The lowest BCUT2D eigenvalue weighted by Crippen LogP contribution is -2.53. The smallest absolute Gasteiger partial charge is 0.319 e. The number of unbranched alkanes of at least 4 members (excludes halogenated alkanes) is 1. The second kappa shape index (κ2) is 7.50. The summed E-state index contributed by atoms with van der Waals surface area (Å²) in [6.45, 7) is 5.86. The van der Waals surface area contributed by atoms with Crippen LogP contribution in [-0.2, 0) is 4.79 Å². The molecule has 20 heavy (non-hydrogen) atoms. The molecule has 5 nitrogen and oxygen atoms in total. The molecule has 1 fully saturated rings. The predicted octanol–water partition coefficient (Wildman–Crippen LogP) is 2.81. The van der Waals surface area contributed by atoms with Gasteiger partial charge in [0.2, 0.25) is 0 Å². The molecule has 0 spiro atoms. The van der Waals surface area contributed by atoms with Gasteiger partial charge in [-0.1, -0.05) is 26.7 Å². The van der Waals surface area contributed by atoms with Gasteiger partial charge >= 0.3 is 12.0 Å². The van der Waals surface area contributed by atoms with Crippen molar-refractivity contribution in [3.63, 3.8) is 0 Å². The van der Waals surface area contributed by atoms with E-state index in [2.05, 4.69) is 6.92 Å². The zero-order valence-electron chi connectivity index (χ0n) is 13.0. The fourth-order valence-corrected chi connectivity index (χ4v) is 2.99. The zero-order chi connectivity index (χ0) is 15.2. The summed E-state index contributed by atoms with van der Waals surface area (Å²) in [6.07, 6.45) is 4.96. The fourth-order valence-electron chi connectivity index (χ4n) is 2.99. The number of carboxylic acids is 1. The number of piperidine rings is 1. The highest BCUT2D eigenvalue weighted by atomic mass is 16.4. The number of rotatable bonds is 6. The molecule has 2 amide bonds. The van der Waals surface area contributed by atoms with Crippen LogP contribution < -0.4 is 0 Å². The van der Waals surface area contributed by atoms with E-state index >= 15 is 0 Å². The molecular weight excluding hydrogens is 256 g/mol. The maximum atomic E-state index is 12.4. The Balaban J connectivity index is 2.72. The number of hydrogen-bond acceptors (Lipinski definition) is 2. The first-order chi connectivity index (χ1) is 9.46. The Morgan fingerprint density at radius 1 is 1.30 bits per heavy atom. The maximum absolute atomic E-state index is 12.4. The van der Waals surface area contributed by atoms with Crippen LogP contribution in [0.5, 0.6) is 0 Å². The van der Waals surface area contributed by atoms with E-state index in [0.29, 0.717) is 25.9 Å². The van der Waals surface area contributed by atoms with Crippen LogP contribution in [0.4, 0.5) is 4.79 Å². The molecule has 0 radical (unpaired) electrons. The minimum absolute atomic E-state index is 0.0279. The van der Waals surface area contributed by atoms with Gasteiger partial charge in [0, 0.05) is 26.7 Å². The lowest BCUT2D eigenvalue weighted by molar-refractivity contribution is -0.152. The highest BCUT2D eigenvalue weighted by Gasteiger charge is 2.43. The quantitative estimate of drug-likeness (QED) is 0.816. The number of carbonyl (C=O) groups excluding carboxylic acids is 1. The van der Waals surface area contributed by atoms with E-state index in [-0.39, 0.29) is 6.03 Å². The average Bonchev–Trinajstić information content (AvgIpc) is 2.44. The Hall–Kier alpha value is -1.26. The lowest BCUT2D eigenvalue weighted by atomic mass is 9.76. The topological polar surface area (TPSA) is 60.9 Å². The third-order valence-corrected chi connectivity index (χ3v) is 4.20. The maximum Gasteiger partial charge on any atom is 0.319 e. The molecule has 5 heteroatoms. The molecule has 1 aliphatic heterocycles. The second-order valence-corrected chi connectivity index (χ2v) is 5.92. The predicted molar refractivity (Wildman–Crippen MR) is 78.7 cm³/mol. The lowest BCUT2D eigenvalue weighted by Gasteiger charge is -2.41. The third-order valence-electron chi connectivity index (χ3n) is 4.20. The molecule has 1 aliphatic rings. The minimum Gasteiger partial charge on any atom is -0.481 e. The van der Waals surface area contributed by atoms with Gasteiger partial charge in [-0.15, -0.1) is 0 Å². The largest absolute Gasteiger partial charge is 0.481 e. The van der Waals surface area contributed by atoms with E-state index in [1.807, 2.05) is 6.92 Å². The van der Waals surface area contributed by atoms with Gasteiger partial charge in [0.25, 0.3) is 0 Å². The van der Waals surface area contributed by atoms with Gasteiger partial charge in [-0.2, -0.15) is 0 Å². The molecule has 0 aromatic rings. The van der Waals surface area contributed by atoms with Gasteiger partial charge in [-0.25, -0.2) is 4.79 Å². The Morgan fingerprint density at radius 3 is 2.55 bits per heavy atom. The molecule has 1 saturated heterocycles. The molecule has 1 heterocycles. The van der Waals surface area contributed by atoms with Crippen LogP contribution in [0.2, 0.25) is 0 Å². The zero-order valence-corrected chi connectivity index (χ0v) is 13.0. The van der Waals surface area contributed by atoms with Gasteiger partial charge in [-0.3, -0.25) is 4.79 Å². The molecule has 116 valence electrons. The number of urea groups is 1. The van der Waals surface area contributed by atoms with Crippen molar-refractivity contribution in [3.05, 3.63) is 0 Å². The van der Waals surface area contributed by atoms with Crippen molar-refractivity contribution >= 4 is 12.0 Å². The molecule has 1 N–H and O–H groups in total. The summed E-state index contributed by atoms with van der Waals surface area (Å²) in [7, 11) is 1.80. The van der Waals surface area contributed by atoms with E-state index in [1.54, 1.807) is 16.8 Å². The van der Waals surface area contributed by atoms with Crippen LogP contribution in [0.15, 0.2) is 0 Å². The third kappa shape index (κ3) is 3.87. The number of amides is 2. The van der Waals surface area contributed by atoms with Crippen LogP contribution in [0.1, 0.15) is 52.4 Å². The van der Waals surface area contributed by atoms with Crippen LogP contribution in [-0.4, -0.2) is 53.6 Å². The highest BCUT2D eigenvalue weighted by molar-refractivity contribution is 5.78. The van der Waals surface area contributed by atoms with Crippen molar-refractivity contribution in [2.75, 3.05) is 26.7 Å². The van der Waals surface area contributed by atoms with E-state index < -0.39 is 11.4 Å². The fraction of sp³-hybridized carbons (Fsp3) is 0.867. The molecule has 1 unspecified atom stereocenters. The number of aliphatic carboxylic acids is 1. The van der Waals surface area contributed by atoms with Crippen LogP contribution in [0.3, 0.4) is 0 Å². The van der Waals surface area contributed by atoms with E-state index in [9.17, 15) is 14.7 Å². The van der Waals surface area contributed by atoms with Gasteiger partial charge in [-0.05, 0) is 25.7 Å². The van der Waals surface area contributed by atoms with Crippen LogP contribution in [0, 0.1) is 5.41 Å². The van der Waals surface area contributed by atoms with Crippen molar-refractivity contribution < 1.29 is 14.7 Å². The number of nitrogens with zero attached hydrogens (tertiary/aromatic N) is 2. The van der Waals surface area contributed by atoms with Gasteiger partial charge in [0.1, 0.15) is 0 Å². The summed E-state index contributed by atoms with van der Waals surface area (Å²) in [6, 6.07) is -0.0279. The Kier molecular flexibility index (Phi) is 6.30. The molecule has 0 saturated carbocycles. The van der Waals surface area contributed by atoms with Crippen molar-refractivity contribution in [1.82, 2.24) is 9.80 Å². The number of likely N-dealkylation sites (tertiary alicyclic amines) is 1. The number of hydrogen-bond donors (Lipinski definition) is 1. The second-order valence-electron chi connectivity index (χ2n) is 5.92. The number of carbonyl (C=O) groups is 2. The first-order valence-electron chi connectivity index (χ1n) is 7.70. The first kappa shape index (κ1) is 16.8. The first-order valence-corrected chi connectivity index (χ1v) is 7.70. The normalized spacial score (nSPS) is 22.6. The van der Waals surface area contributed by atoms with E-state index in [4.69, 9.17) is 0 Å².